The maximum absolute atomic E-state index is 11.6. The zero-order valence-corrected chi connectivity index (χ0v) is 11.8. The summed E-state index contributed by atoms with van der Waals surface area (Å²) in [5.74, 6) is 1.49. The Balaban J connectivity index is 2.15. The molecule has 0 atom stereocenters. The fraction of sp³-hybridized carbons (Fsp3) is 0.333. The van der Waals surface area contributed by atoms with E-state index in [2.05, 4.69) is 15.3 Å². The second-order valence-corrected chi connectivity index (χ2v) is 4.49. The van der Waals surface area contributed by atoms with Crippen LogP contribution in [0.15, 0.2) is 35.1 Å². The van der Waals surface area contributed by atoms with E-state index in [1.807, 2.05) is 31.2 Å². The molecule has 0 spiro atoms. The van der Waals surface area contributed by atoms with Crippen molar-refractivity contribution in [2.75, 3.05) is 13.7 Å². The van der Waals surface area contributed by atoms with Crippen LogP contribution >= 0.6 is 0 Å². The summed E-state index contributed by atoms with van der Waals surface area (Å²) in [5, 5.41) is 3.17. The van der Waals surface area contributed by atoms with Crippen LogP contribution in [0.25, 0.3) is 0 Å². The van der Waals surface area contributed by atoms with Crippen LogP contribution in [0, 0.1) is 0 Å². The van der Waals surface area contributed by atoms with Crippen molar-refractivity contribution >= 4 is 0 Å². The quantitative estimate of drug-likeness (QED) is 0.836. The molecule has 0 aliphatic carbocycles. The molecule has 1 aromatic heterocycles. The van der Waals surface area contributed by atoms with E-state index in [-0.39, 0.29) is 5.56 Å². The van der Waals surface area contributed by atoms with Gasteiger partial charge in [0.1, 0.15) is 11.6 Å². The van der Waals surface area contributed by atoms with Crippen LogP contribution in [-0.4, -0.2) is 23.6 Å². The zero-order valence-electron chi connectivity index (χ0n) is 11.8. The molecule has 0 radical (unpaired) electrons. The lowest BCUT2D eigenvalue weighted by Gasteiger charge is -2.06. The van der Waals surface area contributed by atoms with E-state index in [0.717, 1.165) is 23.6 Å². The first-order valence-corrected chi connectivity index (χ1v) is 6.64. The van der Waals surface area contributed by atoms with Gasteiger partial charge < -0.3 is 15.0 Å². The van der Waals surface area contributed by atoms with Crippen molar-refractivity contribution in [3.63, 3.8) is 0 Å². The van der Waals surface area contributed by atoms with Crippen LogP contribution < -0.4 is 15.6 Å². The number of nitrogens with zero attached hydrogens (tertiary/aromatic N) is 1. The van der Waals surface area contributed by atoms with Gasteiger partial charge in [0, 0.05) is 19.0 Å². The summed E-state index contributed by atoms with van der Waals surface area (Å²) in [5.41, 5.74) is 1.73. The van der Waals surface area contributed by atoms with Crippen LogP contribution in [0.1, 0.15) is 24.0 Å². The Morgan fingerprint density at radius 3 is 2.70 bits per heavy atom. The van der Waals surface area contributed by atoms with E-state index in [0.29, 0.717) is 18.8 Å². The van der Waals surface area contributed by atoms with E-state index in [4.69, 9.17) is 4.74 Å². The van der Waals surface area contributed by atoms with Gasteiger partial charge in [-0.2, -0.15) is 0 Å². The Labute approximate surface area is 118 Å². The number of benzene rings is 1. The third kappa shape index (κ3) is 3.93. The normalized spacial score (nSPS) is 10.5. The summed E-state index contributed by atoms with van der Waals surface area (Å²) in [4.78, 5) is 18.9. The molecule has 20 heavy (non-hydrogen) atoms. The first-order chi connectivity index (χ1) is 9.71. The lowest BCUT2D eigenvalue weighted by Crippen LogP contribution is -2.18. The average molecular weight is 273 g/mol. The number of hydrogen-bond donors (Lipinski definition) is 2. The molecule has 5 nitrogen and oxygen atoms in total. The van der Waals surface area contributed by atoms with E-state index in [9.17, 15) is 4.79 Å². The van der Waals surface area contributed by atoms with Gasteiger partial charge in [0.15, 0.2) is 0 Å². The molecule has 0 fully saturated rings. The van der Waals surface area contributed by atoms with E-state index < -0.39 is 0 Å². The van der Waals surface area contributed by atoms with Gasteiger partial charge in [0.05, 0.1) is 12.8 Å². The first-order valence-electron chi connectivity index (χ1n) is 6.64. The highest BCUT2D eigenvalue weighted by molar-refractivity contribution is 5.28. The summed E-state index contributed by atoms with van der Waals surface area (Å²) in [6.45, 7) is 3.48. The molecule has 0 aliphatic rings. The molecular weight excluding hydrogens is 254 g/mol. The molecule has 0 bridgehead atoms. The Bertz CT molecular complexity index is 605. The van der Waals surface area contributed by atoms with Gasteiger partial charge in [0.2, 0.25) is 0 Å². The molecule has 1 aromatic carbocycles. The highest BCUT2D eigenvalue weighted by Crippen LogP contribution is 2.13. The van der Waals surface area contributed by atoms with Crippen LogP contribution in [0.2, 0.25) is 0 Å². The van der Waals surface area contributed by atoms with Gasteiger partial charge in [-0.15, -0.1) is 0 Å². The maximum Gasteiger partial charge on any atom is 0.251 e. The fourth-order valence-corrected chi connectivity index (χ4v) is 1.93. The van der Waals surface area contributed by atoms with E-state index in [1.165, 1.54) is 6.07 Å². The highest BCUT2D eigenvalue weighted by atomic mass is 16.5. The predicted octanol–water partition coefficient (Wildman–Crippen LogP) is 1.48. The smallest absolute Gasteiger partial charge is 0.251 e. The molecule has 0 saturated heterocycles. The van der Waals surface area contributed by atoms with Crippen molar-refractivity contribution < 1.29 is 4.74 Å². The molecule has 2 rings (SSSR count). The van der Waals surface area contributed by atoms with Gasteiger partial charge in [-0.25, -0.2) is 4.98 Å². The summed E-state index contributed by atoms with van der Waals surface area (Å²) in [6.07, 6.45) is 0.596. The number of nitrogens with one attached hydrogen (secondary N) is 2. The van der Waals surface area contributed by atoms with Gasteiger partial charge in [0.25, 0.3) is 5.56 Å². The largest absolute Gasteiger partial charge is 0.497 e. The molecule has 0 saturated carbocycles. The minimum absolute atomic E-state index is 0.114. The maximum atomic E-state index is 11.6. The monoisotopic (exact) mass is 273 g/mol. The van der Waals surface area contributed by atoms with Crippen LogP contribution in [-0.2, 0) is 13.0 Å². The Morgan fingerprint density at radius 1 is 1.30 bits per heavy atom. The van der Waals surface area contributed by atoms with Crippen molar-refractivity contribution in [2.24, 2.45) is 0 Å². The Morgan fingerprint density at radius 2 is 2.05 bits per heavy atom. The van der Waals surface area contributed by atoms with Gasteiger partial charge in [-0.05, 0) is 24.2 Å². The standard InChI is InChI=1S/C15H19N3O2/c1-3-16-10-12-9-15(19)18-14(17-12)8-11-4-6-13(20-2)7-5-11/h4-7,9,16H,3,8,10H2,1-2H3,(H,17,18,19). The fourth-order valence-electron chi connectivity index (χ4n) is 1.93. The van der Waals surface area contributed by atoms with Crippen LogP contribution in [0.4, 0.5) is 0 Å². The van der Waals surface area contributed by atoms with E-state index >= 15 is 0 Å². The van der Waals surface area contributed by atoms with Crippen molar-refractivity contribution in [3.8, 4) is 5.75 Å². The topological polar surface area (TPSA) is 67.0 Å². The Kier molecular flexibility index (Phi) is 4.90. The number of aromatic amines is 1. The number of H-pyrrole nitrogens is 1. The van der Waals surface area contributed by atoms with Crippen LogP contribution in [0.5, 0.6) is 5.75 Å². The minimum atomic E-state index is -0.114. The SMILES string of the molecule is CCNCc1cc(=O)[nH]c(Cc2ccc(OC)cc2)n1. The van der Waals surface area contributed by atoms with Gasteiger partial charge >= 0.3 is 0 Å². The second-order valence-electron chi connectivity index (χ2n) is 4.49. The highest BCUT2D eigenvalue weighted by Gasteiger charge is 2.03. The molecule has 0 unspecified atom stereocenters. The molecule has 0 aliphatic heterocycles. The van der Waals surface area contributed by atoms with Crippen molar-refractivity contribution in [1.82, 2.24) is 15.3 Å². The predicted molar refractivity (Wildman–Crippen MR) is 78.0 cm³/mol. The number of rotatable bonds is 6. The summed E-state index contributed by atoms with van der Waals surface area (Å²) in [7, 11) is 1.64. The van der Waals surface area contributed by atoms with Crippen molar-refractivity contribution in [1.29, 1.82) is 0 Å². The molecule has 2 N–H and O–H groups in total. The third-order valence-corrected chi connectivity index (χ3v) is 2.93. The van der Waals surface area contributed by atoms with Crippen molar-refractivity contribution in [3.05, 3.63) is 57.8 Å². The average Bonchev–Trinajstić information content (AvgIpc) is 2.45. The van der Waals surface area contributed by atoms with Crippen LogP contribution in [0.3, 0.4) is 0 Å². The molecule has 1 heterocycles. The van der Waals surface area contributed by atoms with Gasteiger partial charge in [-0.1, -0.05) is 19.1 Å². The zero-order chi connectivity index (χ0) is 14.4. The molecule has 0 amide bonds. The number of methoxy groups -OCH3 is 1. The number of hydrogen-bond acceptors (Lipinski definition) is 4. The molecule has 5 heteroatoms. The molecule has 2 aromatic rings. The summed E-state index contributed by atoms with van der Waals surface area (Å²) < 4.78 is 5.12. The second kappa shape index (κ2) is 6.86. The van der Waals surface area contributed by atoms with Crippen molar-refractivity contribution in [2.45, 2.75) is 19.9 Å². The minimum Gasteiger partial charge on any atom is -0.497 e. The lowest BCUT2D eigenvalue weighted by atomic mass is 10.1. The van der Waals surface area contributed by atoms with E-state index in [1.54, 1.807) is 7.11 Å². The van der Waals surface area contributed by atoms with Gasteiger partial charge in [-0.3, -0.25) is 4.79 Å². The summed E-state index contributed by atoms with van der Waals surface area (Å²) >= 11 is 0. The third-order valence-electron chi connectivity index (χ3n) is 2.93. The summed E-state index contributed by atoms with van der Waals surface area (Å²) in [6, 6.07) is 9.26. The lowest BCUT2D eigenvalue weighted by molar-refractivity contribution is 0.414. The molecule has 106 valence electrons. The number of ether oxygens (including phenoxy) is 1. The Hall–Kier alpha value is -2.14. The first kappa shape index (κ1) is 14.3. The number of aromatic nitrogens is 2. The molecular formula is C15H19N3O2.